The van der Waals surface area contributed by atoms with E-state index in [-0.39, 0.29) is 12.0 Å². The summed E-state index contributed by atoms with van der Waals surface area (Å²) in [5, 5.41) is 10.7. The molecule has 146 valence electrons. The molecule has 2 aromatic carbocycles. The first-order valence-electron chi connectivity index (χ1n) is 9.32. The van der Waals surface area contributed by atoms with Crippen LogP contribution in [0, 0.1) is 5.92 Å². The Balaban J connectivity index is 1.54. The van der Waals surface area contributed by atoms with Crippen molar-refractivity contribution in [2.75, 3.05) is 13.7 Å². The molecule has 2 aromatic rings. The molecule has 1 aliphatic rings. The van der Waals surface area contributed by atoms with Gasteiger partial charge >= 0.3 is 0 Å². The second-order valence-corrected chi connectivity index (χ2v) is 6.89. The van der Waals surface area contributed by atoms with E-state index in [1.54, 1.807) is 7.11 Å². The van der Waals surface area contributed by atoms with Crippen LogP contribution in [0.4, 0.5) is 0 Å². The fourth-order valence-electron chi connectivity index (χ4n) is 3.30. The average molecular weight is 372 g/mol. The van der Waals surface area contributed by atoms with Crippen LogP contribution in [0.3, 0.4) is 0 Å². The predicted octanol–water partition coefficient (Wildman–Crippen LogP) is 3.16. The first kappa shape index (κ1) is 20.0. The summed E-state index contributed by atoms with van der Waals surface area (Å²) in [6.45, 7) is 3.18. The van der Waals surface area contributed by atoms with Crippen LogP contribution in [-0.2, 0) is 32.2 Å². The zero-order valence-electron chi connectivity index (χ0n) is 15.9. The molecule has 1 saturated heterocycles. The van der Waals surface area contributed by atoms with E-state index in [2.05, 4.69) is 0 Å². The summed E-state index contributed by atoms with van der Waals surface area (Å²) in [7, 11) is 1.59. The Morgan fingerprint density at radius 1 is 0.926 bits per heavy atom. The van der Waals surface area contributed by atoms with Gasteiger partial charge < -0.3 is 24.1 Å². The van der Waals surface area contributed by atoms with Crippen LogP contribution in [0.1, 0.15) is 18.1 Å². The van der Waals surface area contributed by atoms with E-state index in [0.29, 0.717) is 19.8 Å². The molecule has 0 bridgehead atoms. The lowest BCUT2D eigenvalue weighted by Crippen LogP contribution is -2.56. The molecule has 0 radical (unpaired) electrons. The Hall–Kier alpha value is -1.76. The summed E-state index contributed by atoms with van der Waals surface area (Å²) in [5.41, 5.74) is 2.16. The van der Waals surface area contributed by atoms with E-state index in [0.717, 1.165) is 11.1 Å². The van der Waals surface area contributed by atoms with Crippen LogP contribution >= 0.6 is 0 Å². The molecule has 0 amide bonds. The highest BCUT2D eigenvalue weighted by molar-refractivity contribution is 5.14. The Bertz CT molecular complexity index is 659. The zero-order valence-corrected chi connectivity index (χ0v) is 15.9. The van der Waals surface area contributed by atoms with Crippen LogP contribution < -0.4 is 0 Å². The third-order valence-electron chi connectivity index (χ3n) is 4.93. The fraction of sp³-hybridized carbons (Fsp3) is 0.455. The molecular formula is C22H28O5. The second kappa shape index (κ2) is 9.97. The summed E-state index contributed by atoms with van der Waals surface area (Å²) < 4.78 is 23.2. The van der Waals surface area contributed by atoms with E-state index in [9.17, 15) is 5.11 Å². The topological polar surface area (TPSA) is 57.2 Å². The Kier molecular flexibility index (Phi) is 7.38. The van der Waals surface area contributed by atoms with Crippen molar-refractivity contribution in [3.8, 4) is 0 Å². The van der Waals surface area contributed by atoms with Gasteiger partial charge in [-0.25, -0.2) is 0 Å². The third-order valence-corrected chi connectivity index (χ3v) is 4.93. The molecule has 3 rings (SSSR count). The van der Waals surface area contributed by atoms with Gasteiger partial charge in [-0.3, -0.25) is 0 Å². The number of ether oxygens (including phenoxy) is 4. The molecule has 1 N–H and O–H groups in total. The van der Waals surface area contributed by atoms with E-state index in [1.807, 2.05) is 67.6 Å². The third kappa shape index (κ3) is 5.37. The number of rotatable bonds is 8. The van der Waals surface area contributed by atoms with E-state index in [4.69, 9.17) is 18.9 Å². The van der Waals surface area contributed by atoms with Crippen LogP contribution in [-0.4, -0.2) is 43.4 Å². The van der Waals surface area contributed by atoms with E-state index >= 15 is 0 Å². The molecule has 27 heavy (non-hydrogen) atoms. The van der Waals surface area contributed by atoms with Crippen LogP contribution in [0.25, 0.3) is 0 Å². The van der Waals surface area contributed by atoms with Crippen LogP contribution in [0.5, 0.6) is 0 Å². The lowest BCUT2D eigenvalue weighted by atomic mass is 9.90. The molecule has 1 heterocycles. The second-order valence-electron chi connectivity index (χ2n) is 6.89. The van der Waals surface area contributed by atoms with Gasteiger partial charge in [-0.05, 0) is 11.1 Å². The normalized spacial score (nSPS) is 28.2. The zero-order chi connectivity index (χ0) is 19.1. The van der Waals surface area contributed by atoms with Gasteiger partial charge in [0, 0.05) is 13.0 Å². The molecule has 5 heteroatoms. The van der Waals surface area contributed by atoms with Crippen molar-refractivity contribution in [1.82, 2.24) is 0 Å². The van der Waals surface area contributed by atoms with Gasteiger partial charge in [-0.2, -0.15) is 0 Å². The molecule has 0 aliphatic carbocycles. The van der Waals surface area contributed by atoms with Crippen molar-refractivity contribution in [1.29, 1.82) is 0 Å². The number of aliphatic hydroxyl groups excluding tert-OH is 1. The van der Waals surface area contributed by atoms with E-state index in [1.165, 1.54) is 0 Å². The lowest BCUT2D eigenvalue weighted by molar-refractivity contribution is -0.294. The lowest BCUT2D eigenvalue weighted by Gasteiger charge is -2.42. The first-order chi connectivity index (χ1) is 13.2. The van der Waals surface area contributed by atoms with Gasteiger partial charge in [0.2, 0.25) is 0 Å². The molecule has 2 unspecified atom stereocenters. The van der Waals surface area contributed by atoms with Gasteiger partial charge in [0.15, 0.2) is 6.29 Å². The monoisotopic (exact) mass is 372 g/mol. The molecule has 1 fully saturated rings. The highest BCUT2D eigenvalue weighted by Gasteiger charge is 2.43. The van der Waals surface area contributed by atoms with Gasteiger partial charge in [0.1, 0.15) is 12.2 Å². The minimum absolute atomic E-state index is 0.141. The van der Waals surface area contributed by atoms with Gasteiger partial charge in [0.05, 0.1) is 25.9 Å². The molecule has 1 aliphatic heterocycles. The van der Waals surface area contributed by atoms with Crippen molar-refractivity contribution >= 4 is 0 Å². The van der Waals surface area contributed by atoms with Crippen LogP contribution in [0.15, 0.2) is 60.7 Å². The van der Waals surface area contributed by atoms with Crippen molar-refractivity contribution < 1.29 is 24.1 Å². The summed E-state index contributed by atoms with van der Waals surface area (Å²) in [6, 6.07) is 19.9. The molecule has 5 nitrogen and oxygen atoms in total. The molecule has 0 aromatic heterocycles. The average Bonchev–Trinajstić information content (AvgIpc) is 2.72. The van der Waals surface area contributed by atoms with Crippen molar-refractivity contribution in [3.05, 3.63) is 71.8 Å². The maximum absolute atomic E-state index is 10.7. The first-order valence-corrected chi connectivity index (χ1v) is 9.32. The molecule has 0 saturated carbocycles. The summed E-state index contributed by atoms with van der Waals surface area (Å²) in [4.78, 5) is 0. The van der Waals surface area contributed by atoms with Crippen molar-refractivity contribution in [3.63, 3.8) is 0 Å². The smallest absolute Gasteiger partial charge is 0.184 e. The van der Waals surface area contributed by atoms with Crippen molar-refractivity contribution in [2.24, 2.45) is 5.92 Å². The fourth-order valence-corrected chi connectivity index (χ4v) is 3.30. The van der Waals surface area contributed by atoms with Gasteiger partial charge in [0.25, 0.3) is 0 Å². The quantitative estimate of drug-likeness (QED) is 0.771. The summed E-state index contributed by atoms with van der Waals surface area (Å²) in [6.07, 6.45) is -2.04. The Morgan fingerprint density at radius 3 is 2.11 bits per heavy atom. The number of benzene rings is 2. The highest BCUT2D eigenvalue weighted by atomic mass is 16.7. The van der Waals surface area contributed by atoms with E-state index < -0.39 is 18.5 Å². The number of hydrogen-bond donors (Lipinski definition) is 1. The van der Waals surface area contributed by atoms with Crippen molar-refractivity contribution in [2.45, 2.75) is 44.7 Å². The largest absolute Gasteiger partial charge is 0.390 e. The summed E-state index contributed by atoms with van der Waals surface area (Å²) in [5.74, 6) is -0.141. The minimum Gasteiger partial charge on any atom is -0.390 e. The summed E-state index contributed by atoms with van der Waals surface area (Å²) >= 11 is 0. The number of aliphatic hydroxyl groups is 1. The Morgan fingerprint density at radius 2 is 1.52 bits per heavy atom. The highest BCUT2D eigenvalue weighted by Crippen LogP contribution is 2.29. The minimum atomic E-state index is -0.687. The van der Waals surface area contributed by atoms with Gasteiger partial charge in [-0.15, -0.1) is 0 Å². The SMILES string of the molecule is CO[C@H]1O[C@@H](COCc2ccccc2)[C@@H](O)C(C)C1OCc1ccccc1. The van der Waals surface area contributed by atoms with Crippen LogP contribution in [0.2, 0.25) is 0 Å². The standard InChI is InChI=1S/C22H28O5/c1-16-20(23)19(15-25-13-17-9-5-3-6-10-17)27-22(24-2)21(16)26-14-18-11-7-4-8-12-18/h3-12,16,19-23H,13-15H2,1-2H3/t16?,19-,20-,21?,22-/m0/s1. The molecule has 0 spiro atoms. The Labute approximate surface area is 160 Å². The van der Waals surface area contributed by atoms with Gasteiger partial charge in [-0.1, -0.05) is 67.6 Å². The number of hydrogen-bond acceptors (Lipinski definition) is 5. The molecule has 5 atom stereocenters. The maximum Gasteiger partial charge on any atom is 0.184 e. The molecular weight excluding hydrogens is 344 g/mol. The maximum atomic E-state index is 10.7. The predicted molar refractivity (Wildman–Crippen MR) is 102 cm³/mol. The number of methoxy groups -OCH3 is 1.